The van der Waals surface area contributed by atoms with Crippen molar-refractivity contribution in [3.05, 3.63) is 71.8 Å². The molecule has 21 heavy (non-hydrogen) atoms. The zero-order valence-corrected chi connectivity index (χ0v) is 12.1. The first-order valence-electron chi connectivity index (χ1n) is 6.90. The lowest BCUT2D eigenvalue weighted by atomic mass is 9.96. The maximum absolute atomic E-state index is 12.3. The highest BCUT2D eigenvalue weighted by molar-refractivity contribution is 5.90. The molecule has 0 fully saturated rings. The van der Waals surface area contributed by atoms with E-state index in [4.69, 9.17) is 0 Å². The van der Waals surface area contributed by atoms with Crippen molar-refractivity contribution in [2.24, 2.45) is 0 Å². The smallest absolute Gasteiger partial charge is 0.168 e. The van der Waals surface area contributed by atoms with Crippen molar-refractivity contribution in [1.29, 1.82) is 5.26 Å². The van der Waals surface area contributed by atoms with Crippen molar-refractivity contribution in [3.63, 3.8) is 0 Å². The predicted octanol–water partition coefficient (Wildman–Crippen LogP) is 2.99. The first-order valence-corrected chi connectivity index (χ1v) is 6.90. The normalized spacial score (nSPS) is 11.9. The number of rotatable bonds is 6. The van der Waals surface area contributed by atoms with Crippen LogP contribution < -0.4 is 0 Å². The predicted molar refractivity (Wildman–Crippen MR) is 82.6 cm³/mol. The summed E-state index contributed by atoms with van der Waals surface area (Å²) >= 11 is 0. The molecule has 0 N–H and O–H groups in total. The number of likely N-dealkylation sites (N-methyl/N-ethyl adjacent to an activating group) is 1. The van der Waals surface area contributed by atoms with Crippen LogP contribution in [0.2, 0.25) is 0 Å². The Morgan fingerprint density at radius 1 is 1.10 bits per heavy atom. The number of carbonyl (C=O) groups excluding carboxylic acids is 1. The van der Waals surface area contributed by atoms with Gasteiger partial charge in [-0.3, -0.25) is 9.69 Å². The summed E-state index contributed by atoms with van der Waals surface area (Å²) < 4.78 is 0. The topological polar surface area (TPSA) is 44.1 Å². The zero-order valence-electron chi connectivity index (χ0n) is 12.1. The lowest BCUT2D eigenvalue weighted by molar-refractivity contribution is -0.120. The Morgan fingerprint density at radius 3 is 2.24 bits per heavy atom. The number of hydrogen-bond acceptors (Lipinski definition) is 3. The second-order valence-corrected chi connectivity index (χ2v) is 5.10. The van der Waals surface area contributed by atoms with Crippen LogP contribution >= 0.6 is 0 Å². The number of nitriles is 1. The monoisotopic (exact) mass is 278 g/mol. The number of benzene rings is 2. The van der Waals surface area contributed by atoms with Gasteiger partial charge in [-0.2, -0.15) is 5.26 Å². The molecule has 0 aliphatic carbocycles. The van der Waals surface area contributed by atoms with Gasteiger partial charge in [-0.15, -0.1) is 0 Å². The summed E-state index contributed by atoms with van der Waals surface area (Å²) in [5.74, 6) is -0.758. The second kappa shape index (κ2) is 7.37. The average Bonchev–Trinajstić information content (AvgIpc) is 2.50. The number of nitrogens with zero attached hydrogens (tertiary/aromatic N) is 2. The Labute approximate surface area is 125 Å². The molecule has 0 radical (unpaired) electrons. The molecule has 0 unspecified atom stereocenters. The third-order valence-electron chi connectivity index (χ3n) is 3.31. The summed E-state index contributed by atoms with van der Waals surface area (Å²) in [5, 5.41) is 9.26. The van der Waals surface area contributed by atoms with E-state index in [1.807, 2.05) is 72.6 Å². The molecule has 3 nitrogen and oxygen atoms in total. The zero-order chi connectivity index (χ0) is 15.1. The van der Waals surface area contributed by atoms with E-state index in [0.717, 1.165) is 11.1 Å². The van der Waals surface area contributed by atoms with Gasteiger partial charge in [0.1, 0.15) is 5.92 Å². The van der Waals surface area contributed by atoms with Gasteiger partial charge in [0, 0.05) is 6.54 Å². The minimum atomic E-state index is -0.690. The molecule has 0 aliphatic heterocycles. The summed E-state index contributed by atoms with van der Waals surface area (Å²) in [6.07, 6.45) is 0. The number of carbonyl (C=O) groups is 1. The summed E-state index contributed by atoms with van der Waals surface area (Å²) in [7, 11) is 1.89. The van der Waals surface area contributed by atoms with Gasteiger partial charge in [-0.25, -0.2) is 0 Å². The van der Waals surface area contributed by atoms with E-state index in [1.165, 1.54) is 0 Å². The number of ketones is 1. The molecule has 0 heterocycles. The first kappa shape index (κ1) is 15.0. The summed E-state index contributed by atoms with van der Waals surface area (Å²) in [5.41, 5.74) is 1.92. The van der Waals surface area contributed by atoms with Gasteiger partial charge in [0.15, 0.2) is 5.78 Å². The molecule has 2 aromatic rings. The molecule has 0 spiro atoms. The lowest BCUT2D eigenvalue weighted by Crippen LogP contribution is -2.28. The largest absolute Gasteiger partial charge is 0.296 e. The average molecular weight is 278 g/mol. The van der Waals surface area contributed by atoms with Gasteiger partial charge in [0.25, 0.3) is 0 Å². The molecule has 2 aromatic carbocycles. The van der Waals surface area contributed by atoms with Gasteiger partial charge < -0.3 is 0 Å². The summed E-state index contributed by atoms with van der Waals surface area (Å²) in [6, 6.07) is 21.3. The van der Waals surface area contributed by atoms with Crippen molar-refractivity contribution in [3.8, 4) is 6.07 Å². The van der Waals surface area contributed by atoms with Crippen molar-refractivity contribution in [1.82, 2.24) is 4.90 Å². The molecule has 0 saturated heterocycles. The molecule has 2 rings (SSSR count). The second-order valence-electron chi connectivity index (χ2n) is 5.10. The molecule has 1 atom stereocenters. The van der Waals surface area contributed by atoms with E-state index in [0.29, 0.717) is 6.54 Å². The SMILES string of the molecule is CN(CC(=O)[C@@H](C#N)c1ccccc1)Cc1ccccc1. The van der Waals surface area contributed by atoms with Gasteiger partial charge in [-0.1, -0.05) is 60.7 Å². The van der Waals surface area contributed by atoms with Crippen molar-refractivity contribution in [2.45, 2.75) is 12.5 Å². The van der Waals surface area contributed by atoms with Crippen LogP contribution in [0, 0.1) is 11.3 Å². The van der Waals surface area contributed by atoms with Crippen LogP contribution in [0.15, 0.2) is 60.7 Å². The van der Waals surface area contributed by atoms with E-state index >= 15 is 0 Å². The highest BCUT2D eigenvalue weighted by Gasteiger charge is 2.21. The third-order valence-corrected chi connectivity index (χ3v) is 3.31. The number of Topliss-reactive ketones (excluding diaryl/α,β-unsaturated/α-hetero) is 1. The van der Waals surface area contributed by atoms with E-state index in [1.54, 1.807) is 0 Å². The fraction of sp³-hybridized carbons (Fsp3) is 0.222. The maximum atomic E-state index is 12.3. The summed E-state index contributed by atoms with van der Waals surface area (Å²) in [4.78, 5) is 14.2. The molecule has 3 heteroatoms. The van der Waals surface area contributed by atoms with Crippen LogP contribution in [-0.4, -0.2) is 24.3 Å². The fourth-order valence-corrected chi connectivity index (χ4v) is 2.29. The fourth-order valence-electron chi connectivity index (χ4n) is 2.29. The highest BCUT2D eigenvalue weighted by Crippen LogP contribution is 2.16. The van der Waals surface area contributed by atoms with Crippen molar-refractivity contribution >= 4 is 5.78 Å². The van der Waals surface area contributed by atoms with Crippen molar-refractivity contribution in [2.75, 3.05) is 13.6 Å². The van der Waals surface area contributed by atoms with Gasteiger partial charge in [0.2, 0.25) is 0 Å². The van der Waals surface area contributed by atoms with Crippen LogP contribution in [0.1, 0.15) is 17.0 Å². The van der Waals surface area contributed by atoms with E-state index in [2.05, 4.69) is 6.07 Å². The minimum Gasteiger partial charge on any atom is -0.296 e. The van der Waals surface area contributed by atoms with Crippen LogP contribution in [0.3, 0.4) is 0 Å². The van der Waals surface area contributed by atoms with E-state index in [9.17, 15) is 10.1 Å². The quantitative estimate of drug-likeness (QED) is 0.816. The summed E-state index contributed by atoms with van der Waals surface area (Å²) in [6.45, 7) is 0.960. The molecule has 106 valence electrons. The van der Waals surface area contributed by atoms with Crippen LogP contribution in [-0.2, 0) is 11.3 Å². The number of hydrogen-bond donors (Lipinski definition) is 0. The molecule has 0 aliphatic rings. The standard InChI is InChI=1S/C18H18N2O/c1-20(13-15-8-4-2-5-9-15)14-18(21)17(12-19)16-10-6-3-7-11-16/h2-11,17H,13-14H2,1H3/t17-/m0/s1. The highest BCUT2D eigenvalue weighted by atomic mass is 16.1. The van der Waals surface area contributed by atoms with E-state index in [-0.39, 0.29) is 12.3 Å². The Balaban J connectivity index is 1.98. The Bertz CT molecular complexity index is 617. The van der Waals surface area contributed by atoms with Crippen LogP contribution in [0.4, 0.5) is 0 Å². The Hall–Kier alpha value is -2.44. The first-order chi connectivity index (χ1) is 10.2. The molecule has 0 saturated carbocycles. The third kappa shape index (κ3) is 4.27. The Kier molecular flexibility index (Phi) is 5.25. The lowest BCUT2D eigenvalue weighted by Gasteiger charge is -2.17. The van der Waals surface area contributed by atoms with Gasteiger partial charge >= 0.3 is 0 Å². The van der Waals surface area contributed by atoms with Crippen LogP contribution in [0.25, 0.3) is 0 Å². The molecule has 0 aromatic heterocycles. The Morgan fingerprint density at radius 2 is 1.67 bits per heavy atom. The molecular weight excluding hydrogens is 260 g/mol. The maximum Gasteiger partial charge on any atom is 0.168 e. The van der Waals surface area contributed by atoms with E-state index < -0.39 is 5.92 Å². The van der Waals surface area contributed by atoms with Gasteiger partial charge in [-0.05, 0) is 18.2 Å². The molecular formula is C18H18N2O. The molecule has 0 bridgehead atoms. The van der Waals surface area contributed by atoms with Crippen molar-refractivity contribution < 1.29 is 4.79 Å². The molecule has 0 amide bonds. The van der Waals surface area contributed by atoms with Crippen LogP contribution in [0.5, 0.6) is 0 Å². The minimum absolute atomic E-state index is 0.0675. The van der Waals surface area contributed by atoms with Gasteiger partial charge in [0.05, 0.1) is 12.6 Å².